The van der Waals surface area contributed by atoms with Crippen LogP contribution in [0.4, 0.5) is 11.4 Å². The fourth-order valence-corrected chi connectivity index (χ4v) is 2.73. The molecular weight excluding hydrogens is 371 g/mol. The summed E-state index contributed by atoms with van der Waals surface area (Å²) in [5.74, 6) is -0.478. The van der Waals surface area contributed by atoms with Crippen LogP contribution in [0.25, 0.3) is 0 Å². The zero-order valence-corrected chi connectivity index (χ0v) is 15.1. The average molecular weight is 386 g/mol. The van der Waals surface area contributed by atoms with Crippen molar-refractivity contribution in [2.24, 2.45) is 0 Å². The monoisotopic (exact) mass is 384 g/mol. The first-order valence-electron chi connectivity index (χ1n) is 7.16. The van der Waals surface area contributed by atoms with E-state index in [1.54, 1.807) is 42.5 Å². The second-order valence-corrected chi connectivity index (χ2v) is 6.21. The fraction of sp³-hybridized carbons (Fsp3) is 0.176. The topological polar surface area (TPSA) is 49.4 Å². The van der Waals surface area contributed by atoms with E-state index in [0.29, 0.717) is 21.4 Å². The smallest absolute Gasteiger partial charge is 0.226 e. The van der Waals surface area contributed by atoms with Crippen molar-refractivity contribution in [3.63, 3.8) is 0 Å². The van der Waals surface area contributed by atoms with Gasteiger partial charge in [0, 0.05) is 19.9 Å². The van der Waals surface area contributed by atoms with Crippen molar-refractivity contribution in [2.75, 3.05) is 16.8 Å². The Bertz CT molecular complexity index is 765. The average Bonchev–Trinajstić information content (AvgIpc) is 2.53. The molecule has 0 unspecified atom stereocenters. The molecule has 1 N–H and O–H groups in total. The molecule has 2 rings (SSSR count). The van der Waals surface area contributed by atoms with Crippen LogP contribution in [0.5, 0.6) is 0 Å². The molecule has 7 heteroatoms. The van der Waals surface area contributed by atoms with E-state index in [2.05, 4.69) is 5.32 Å². The highest BCUT2D eigenvalue weighted by atomic mass is 35.5. The number of hydrogen-bond acceptors (Lipinski definition) is 2. The summed E-state index contributed by atoms with van der Waals surface area (Å²) < 4.78 is 0. The molecule has 0 bridgehead atoms. The number of nitrogens with zero attached hydrogens (tertiary/aromatic N) is 1. The molecular formula is C17H15Cl3N2O2. The largest absolute Gasteiger partial charge is 0.325 e. The first-order valence-corrected chi connectivity index (χ1v) is 8.30. The molecule has 2 aromatic carbocycles. The van der Waals surface area contributed by atoms with Gasteiger partial charge in [-0.25, -0.2) is 0 Å². The zero-order chi connectivity index (χ0) is 17.7. The van der Waals surface area contributed by atoms with Crippen molar-refractivity contribution in [1.29, 1.82) is 0 Å². The Balaban J connectivity index is 2.05. The molecule has 0 heterocycles. The zero-order valence-electron chi connectivity index (χ0n) is 12.9. The van der Waals surface area contributed by atoms with Gasteiger partial charge in [-0.1, -0.05) is 53.0 Å². The van der Waals surface area contributed by atoms with Crippen LogP contribution in [0.3, 0.4) is 0 Å². The summed E-state index contributed by atoms with van der Waals surface area (Å²) in [4.78, 5) is 25.5. The van der Waals surface area contributed by atoms with E-state index in [9.17, 15) is 9.59 Å². The second kappa shape index (κ2) is 8.38. The summed E-state index contributed by atoms with van der Waals surface area (Å²) in [5.41, 5.74) is 1.00. The maximum atomic E-state index is 12.1. The molecule has 0 atom stereocenters. The van der Waals surface area contributed by atoms with Crippen LogP contribution >= 0.6 is 34.8 Å². The molecule has 0 aliphatic carbocycles. The van der Waals surface area contributed by atoms with Crippen molar-refractivity contribution in [3.05, 3.63) is 57.5 Å². The van der Waals surface area contributed by atoms with Gasteiger partial charge in [0.25, 0.3) is 0 Å². The third-order valence-corrected chi connectivity index (χ3v) is 4.45. The van der Waals surface area contributed by atoms with Crippen molar-refractivity contribution in [3.8, 4) is 0 Å². The summed E-state index contributed by atoms with van der Waals surface area (Å²) in [6.07, 6.45) is 0.0909. The minimum Gasteiger partial charge on any atom is -0.325 e. The second-order valence-electron chi connectivity index (χ2n) is 5.02. The van der Waals surface area contributed by atoms with Gasteiger partial charge in [-0.2, -0.15) is 0 Å². The summed E-state index contributed by atoms with van der Waals surface area (Å²) >= 11 is 18.1. The van der Waals surface area contributed by atoms with Gasteiger partial charge in [0.05, 0.1) is 26.4 Å². The number of carbonyl (C=O) groups is 2. The van der Waals surface area contributed by atoms with Gasteiger partial charge in [-0.3, -0.25) is 9.59 Å². The molecule has 0 aliphatic rings. The molecule has 0 saturated carbocycles. The molecule has 126 valence electrons. The van der Waals surface area contributed by atoms with Crippen LogP contribution in [0.1, 0.15) is 13.3 Å². The van der Waals surface area contributed by atoms with Crippen molar-refractivity contribution in [2.45, 2.75) is 13.3 Å². The summed E-state index contributed by atoms with van der Waals surface area (Å²) in [7, 11) is 0. The molecule has 0 aliphatic heterocycles. The Labute approximate surface area is 155 Å². The van der Waals surface area contributed by atoms with Crippen molar-refractivity contribution in [1.82, 2.24) is 0 Å². The third-order valence-electron chi connectivity index (χ3n) is 3.31. The lowest BCUT2D eigenvalue weighted by Crippen LogP contribution is -2.32. The molecule has 0 spiro atoms. The number of nitrogens with one attached hydrogen (secondary N) is 1. The molecule has 2 amide bonds. The van der Waals surface area contributed by atoms with Gasteiger partial charge >= 0.3 is 0 Å². The molecule has 4 nitrogen and oxygen atoms in total. The van der Waals surface area contributed by atoms with Gasteiger partial charge in [-0.15, -0.1) is 0 Å². The Morgan fingerprint density at radius 1 is 1.00 bits per heavy atom. The molecule has 0 radical (unpaired) electrons. The summed E-state index contributed by atoms with van der Waals surface area (Å²) in [6, 6.07) is 12.0. The van der Waals surface area contributed by atoms with E-state index >= 15 is 0 Å². The number of halogens is 3. The van der Waals surface area contributed by atoms with Gasteiger partial charge in [0.1, 0.15) is 0 Å². The number of para-hydroxylation sites is 1. The Kier molecular flexibility index (Phi) is 6.49. The number of anilines is 2. The van der Waals surface area contributed by atoms with Crippen LogP contribution in [0, 0.1) is 0 Å². The predicted octanol–water partition coefficient (Wildman–Crippen LogP) is 5.03. The SMILES string of the molecule is CC(=O)N(CCC(=O)Nc1cccc(Cl)c1Cl)c1ccccc1Cl. The standard InChI is InChI=1S/C17H15Cl3N2O2/c1-11(23)22(15-8-3-2-5-12(15)18)10-9-16(24)21-14-7-4-6-13(19)17(14)20/h2-8H,9-10H2,1H3,(H,21,24). The van der Waals surface area contributed by atoms with Crippen LogP contribution in [-0.2, 0) is 9.59 Å². The van der Waals surface area contributed by atoms with E-state index in [0.717, 1.165) is 0 Å². The van der Waals surface area contributed by atoms with Crippen LogP contribution in [0.2, 0.25) is 15.1 Å². The van der Waals surface area contributed by atoms with E-state index in [1.165, 1.54) is 11.8 Å². The minimum absolute atomic E-state index is 0.0909. The van der Waals surface area contributed by atoms with E-state index in [4.69, 9.17) is 34.8 Å². The number of rotatable bonds is 5. The maximum Gasteiger partial charge on any atom is 0.226 e. The molecule has 0 saturated heterocycles. The van der Waals surface area contributed by atoms with Gasteiger partial charge in [0.2, 0.25) is 11.8 Å². The number of hydrogen-bond donors (Lipinski definition) is 1. The van der Waals surface area contributed by atoms with Gasteiger partial charge in [0.15, 0.2) is 0 Å². The molecule has 2 aromatic rings. The van der Waals surface area contributed by atoms with Crippen molar-refractivity contribution >= 4 is 58.0 Å². The molecule has 24 heavy (non-hydrogen) atoms. The van der Waals surface area contributed by atoms with Gasteiger partial charge < -0.3 is 10.2 Å². The fourth-order valence-electron chi connectivity index (χ4n) is 2.14. The minimum atomic E-state index is -0.280. The highest BCUT2D eigenvalue weighted by Gasteiger charge is 2.16. The number of carbonyl (C=O) groups excluding carboxylic acids is 2. The lowest BCUT2D eigenvalue weighted by Gasteiger charge is -2.22. The number of benzene rings is 2. The lowest BCUT2D eigenvalue weighted by atomic mass is 10.2. The van der Waals surface area contributed by atoms with Gasteiger partial charge in [-0.05, 0) is 24.3 Å². The first-order chi connectivity index (χ1) is 11.4. The summed E-state index contributed by atoms with van der Waals surface area (Å²) in [6.45, 7) is 1.62. The van der Waals surface area contributed by atoms with E-state index in [1.807, 2.05) is 0 Å². The highest BCUT2D eigenvalue weighted by molar-refractivity contribution is 6.44. The lowest BCUT2D eigenvalue weighted by molar-refractivity contribution is -0.117. The van der Waals surface area contributed by atoms with Crippen molar-refractivity contribution < 1.29 is 9.59 Å². The normalized spacial score (nSPS) is 10.3. The Morgan fingerprint density at radius 2 is 1.67 bits per heavy atom. The first kappa shape index (κ1) is 18.6. The molecule has 0 fully saturated rings. The Hall–Kier alpha value is -1.75. The van der Waals surface area contributed by atoms with Crippen LogP contribution < -0.4 is 10.2 Å². The summed E-state index contributed by atoms with van der Waals surface area (Å²) in [5, 5.41) is 3.77. The van der Waals surface area contributed by atoms with Crippen LogP contribution in [-0.4, -0.2) is 18.4 Å². The third kappa shape index (κ3) is 4.63. The Morgan fingerprint density at radius 3 is 2.33 bits per heavy atom. The van der Waals surface area contributed by atoms with E-state index < -0.39 is 0 Å². The van der Waals surface area contributed by atoms with E-state index in [-0.39, 0.29) is 29.8 Å². The quantitative estimate of drug-likeness (QED) is 0.785. The maximum absolute atomic E-state index is 12.1. The molecule has 0 aromatic heterocycles. The highest BCUT2D eigenvalue weighted by Crippen LogP contribution is 2.30. The predicted molar refractivity (Wildman–Crippen MR) is 99.2 cm³/mol. The van der Waals surface area contributed by atoms with Crippen LogP contribution in [0.15, 0.2) is 42.5 Å². The number of amides is 2.